The van der Waals surface area contributed by atoms with Gasteiger partial charge >= 0.3 is 0 Å². The fraction of sp³-hybridized carbons (Fsp3) is 0.385. The van der Waals surface area contributed by atoms with Crippen LogP contribution in [0.15, 0.2) is 24.5 Å². The smallest absolute Gasteiger partial charge is 0.263 e. The summed E-state index contributed by atoms with van der Waals surface area (Å²) in [6, 6.07) is 3.57. The normalized spacial score (nSPS) is 19.6. The number of imidazole rings is 1. The van der Waals surface area contributed by atoms with E-state index in [0.29, 0.717) is 15.1 Å². The zero-order valence-corrected chi connectivity index (χ0v) is 11.9. The molecule has 1 aliphatic rings. The van der Waals surface area contributed by atoms with Crippen molar-refractivity contribution in [2.45, 2.75) is 18.8 Å². The second-order valence-corrected chi connectivity index (χ2v) is 6.38. The molecule has 1 aliphatic heterocycles. The molecular formula is C13H14ClN3OS. The van der Waals surface area contributed by atoms with Crippen LogP contribution >= 0.6 is 22.9 Å². The number of rotatable bonds is 2. The second kappa shape index (κ2) is 5.35. The molecule has 4 nitrogen and oxygen atoms in total. The molecule has 1 amide bonds. The number of piperidine rings is 1. The molecule has 100 valence electrons. The van der Waals surface area contributed by atoms with E-state index in [4.69, 9.17) is 11.6 Å². The molecule has 0 bridgehead atoms. The lowest BCUT2D eigenvalue weighted by Gasteiger charge is -2.31. The zero-order valence-electron chi connectivity index (χ0n) is 10.3. The summed E-state index contributed by atoms with van der Waals surface area (Å²) in [4.78, 5) is 22.4. The van der Waals surface area contributed by atoms with E-state index >= 15 is 0 Å². The summed E-state index contributed by atoms with van der Waals surface area (Å²) in [5.74, 6) is 1.36. The SMILES string of the molecule is O=C(c1ccc(Cl)s1)N1CCCC(c2ncc[nH]2)C1. The maximum absolute atomic E-state index is 12.4. The van der Waals surface area contributed by atoms with Crippen LogP contribution in [-0.2, 0) is 0 Å². The van der Waals surface area contributed by atoms with Gasteiger partial charge in [0, 0.05) is 31.4 Å². The minimum Gasteiger partial charge on any atom is -0.348 e. The molecule has 3 heterocycles. The van der Waals surface area contributed by atoms with Crippen LogP contribution in [-0.4, -0.2) is 33.9 Å². The van der Waals surface area contributed by atoms with Gasteiger partial charge in [-0.15, -0.1) is 11.3 Å². The number of nitrogens with one attached hydrogen (secondary N) is 1. The molecule has 1 atom stereocenters. The molecule has 19 heavy (non-hydrogen) atoms. The number of nitrogens with zero attached hydrogens (tertiary/aromatic N) is 2. The summed E-state index contributed by atoms with van der Waals surface area (Å²) >= 11 is 7.23. The number of aromatic amines is 1. The molecule has 0 aliphatic carbocycles. The number of aromatic nitrogens is 2. The Hall–Kier alpha value is -1.33. The van der Waals surface area contributed by atoms with Crippen molar-refractivity contribution in [3.05, 3.63) is 39.6 Å². The molecule has 1 fully saturated rings. The Bertz CT molecular complexity index is 566. The largest absolute Gasteiger partial charge is 0.348 e. The Labute approximate surface area is 120 Å². The summed E-state index contributed by atoms with van der Waals surface area (Å²) in [6.45, 7) is 1.54. The van der Waals surface area contributed by atoms with E-state index < -0.39 is 0 Å². The Morgan fingerprint density at radius 1 is 1.53 bits per heavy atom. The minimum atomic E-state index is 0.0770. The summed E-state index contributed by atoms with van der Waals surface area (Å²) < 4.78 is 0.656. The molecule has 0 radical (unpaired) electrons. The molecule has 0 spiro atoms. The fourth-order valence-corrected chi connectivity index (χ4v) is 3.48. The van der Waals surface area contributed by atoms with Gasteiger partial charge in [-0.05, 0) is 25.0 Å². The van der Waals surface area contributed by atoms with Crippen LogP contribution < -0.4 is 0 Å². The third-order valence-electron chi connectivity index (χ3n) is 3.40. The quantitative estimate of drug-likeness (QED) is 0.925. The second-order valence-electron chi connectivity index (χ2n) is 4.67. The molecule has 1 N–H and O–H groups in total. The Kier molecular flexibility index (Phi) is 3.57. The standard InChI is InChI=1S/C13H14ClN3OS/c14-11-4-3-10(19-11)13(18)17-7-1-2-9(8-17)12-15-5-6-16-12/h3-6,9H,1-2,7-8H2,(H,15,16). The Morgan fingerprint density at radius 3 is 3.11 bits per heavy atom. The van der Waals surface area contributed by atoms with E-state index in [-0.39, 0.29) is 5.91 Å². The number of halogens is 1. The van der Waals surface area contributed by atoms with E-state index in [2.05, 4.69) is 9.97 Å². The molecule has 0 aromatic carbocycles. The fourth-order valence-electron chi connectivity index (χ4n) is 2.47. The highest BCUT2D eigenvalue weighted by atomic mass is 35.5. The number of likely N-dealkylation sites (tertiary alicyclic amines) is 1. The van der Waals surface area contributed by atoms with Gasteiger partial charge in [0.2, 0.25) is 0 Å². The van der Waals surface area contributed by atoms with Crippen LogP contribution in [0.5, 0.6) is 0 Å². The number of carbonyl (C=O) groups is 1. The highest BCUT2D eigenvalue weighted by molar-refractivity contribution is 7.17. The van der Waals surface area contributed by atoms with Crippen molar-refractivity contribution in [3.63, 3.8) is 0 Å². The average molecular weight is 296 g/mol. The van der Waals surface area contributed by atoms with Crippen molar-refractivity contribution >= 4 is 28.8 Å². The topological polar surface area (TPSA) is 49.0 Å². The van der Waals surface area contributed by atoms with Crippen molar-refractivity contribution < 1.29 is 4.79 Å². The van der Waals surface area contributed by atoms with Gasteiger partial charge in [0.05, 0.1) is 9.21 Å². The molecule has 1 unspecified atom stereocenters. The number of thiophene rings is 1. The summed E-state index contributed by atoms with van der Waals surface area (Å²) in [7, 11) is 0. The first-order valence-corrected chi connectivity index (χ1v) is 7.47. The maximum atomic E-state index is 12.4. The number of amides is 1. The lowest BCUT2D eigenvalue weighted by molar-refractivity contribution is 0.0709. The van der Waals surface area contributed by atoms with E-state index in [1.54, 1.807) is 18.3 Å². The molecule has 3 rings (SSSR count). The Morgan fingerprint density at radius 2 is 2.42 bits per heavy atom. The number of hydrogen-bond acceptors (Lipinski definition) is 3. The van der Waals surface area contributed by atoms with Crippen LogP contribution in [0.25, 0.3) is 0 Å². The highest BCUT2D eigenvalue weighted by Gasteiger charge is 2.27. The highest BCUT2D eigenvalue weighted by Crippen LogP contribution is 2.28. The van der Waals surface area contributed by atoms with Crippen molar-refractivity contribution in [1.29, 1.82) is 0 Å². The van der Waals surface area contributed by atoms with Crippen LogP contribution in [0.3, 0.4) is 0 Å². The summed E-state index contributed by atoms with van der Waals surface area (Å²) in [6.07, 6.45) is 5.67. The number of carbonyl (C=O) groups excluding carboxylic acids is 1. The molecular weight excluding hydrogens is 282 g/mol. The summed E-state index contributed by atoms with van der Waals surface area (Å²) in [5, 5.41) is 0. The molecule has 2 aromatic heterocycles. The van der Waals surface area contributed by atoms with Crippen LogP contribution in [0.1, 0.15) is 34.3 Å². The summed E-state index contributed by atoms with van der Waals surface area (Å²) in [5.41, 5.74) is 0. The third-order valence-corrected chi connectivity index (χ3v) is 4.62. The minimum absolute atomic E-state index is 0.0770. The van der Waals surface area contributed by atoms with Crippen molar-refractivity contribution in [3.8, 4) is 0 Å². The van der Waals surface area contributed by atoms with Gasteiger partial charge in [0.15, 0.2) is 0 Å². The van der Waals surface area contributed by atoms with Gasteiger partial charge in [-0.2, -0.15) is 0 Å². The van der Waals surface area contributed by atoms with Crippen molar-refractivity contribution in [2.75, 3.05) is 13.1 Å². The van der Waals surface area contributed by atoms with Crippen molar-refractivity contribution in [1.82, 2.24) is 14.9 Å². The first kappa shape index (κ1) is 12.7. The molecule has 0 saturated carbocycles. The lowest BCUT2D eigenvalue weighted by atomic mass is 9.97. The lowest BCUT2D eigenvalue weighted by Crippen LogP contribution is -2.39. The molecule has 2 aromatic rings. The predicted octanol–water partition coefficient (Wildman–Crippen LogP) is 3.14. The van der Waals surface area contributed by atoms with Gasteiger partial charge in [-0.1, -0.05) is 11.6 Å². The van der Waals surface area contributed by atoms with Gasteiger partial charge in [-0.3, -0.25) is 4.79 Å². The molecule has 1 saturated heterocycles. The van der Waals surface area contributed by atoms with Gasteiger partial charge in [-0.25, -0.2) is 4.98 Å². The van der Waals surface area contributed by atoms with E-state index in [9.17, 15) is 4.79 Å². The predicted molar refractivity (Wildman–Crippen MR) is 75.8 cm³/mol. The van der Waals surface area contributed by atoms with E-state index in [1.807, 2.05) is 11.1 Å². The monoisotopic (exact) mass is 295 g/mol. The Balaban J connectivity index is 1.73. The molecule has 6 heteroatoms. The van der Waals surface area contributed by atoms with Crippen molar-refractivity contribution in [2.24, 2.45) is 0 Å². The first-order chi connectivity index (χ1) is 9.24. The van der Waals surface area contributed by atoms with Crippen LogP contribution in [0.2, 0.25) is 4.34 Å². The number of hydrogen-bond donors (Lipinski definition) is 1. The van der Waals surface area contributed by atoms with Crippen LogP contribution in [0, 0.1) is 0 Å². The van der Waals surface area contributed by atoms with Gasteiger partial charge in [0.25, 0.3) is 5.91 Å². The van der Waals surface area contributed by atoms with E-state index in [1.165, 1.54) is 11.3 Å². The maximum Gasteiger partial charge on any atom is 0.263 e. The zero-order chi connectivity index (χ0) is 13.2. The van der Waals surface area contributed by atoms with Crippen LogP contribution in [0.4, 0.5) is 0 Å². The number of H-pyrrole nitrogens is 1. The van der Waals surface area contributed by atoms with Gasteiger partial charge < -0.3 is 9.88 Å². The average Bonchev–Trinajstić information content (AvgIpc) is 3.09. The first-order valence-electron chi connectivity index (χ1n) is 6.28. The van der Waals surface area contributed by atoms with E-state index in [0.717, 1.165) is 31.8 Å². The third kappa shape index (κ3) is 2.67. The van der Waals surface area contributed by atoms with Gasteiger partial charge in [0.1, 0.15) is 5.82 Å².